The lowest BCUT2D eigenvalue weighted by molar-refractivity contribution is -0.172. The minimum absolute atomic E-state index is 0.168. The standard InChI is InChI=1S/C14H25NO4/c1-14(8-11-5-4-6-15(2)9-11)18-10-12(19-14)7-13(16)17-3/h11-12H,4-10H2,1-3H3. The van der Waals surface area contributed by atoms with Gasteiger partial charge in [-0.25, -0.2) is 0 Å². The number of methoxy groups -OCH3 is 1. The van der Waals surface area contributed by atoms with Crippen molar-refractivity contribution in [1.82, 2.24) is 4.90 Å². The second-order valence-electron chi connectivity index (χ2n) is 5.94. The Morgan fingerprint density at radius 1 is 1.53 bits per heavy atom. The molecule has 0 N–H and O–H groups in total. The van der Waals surface area contributed by atoms with Gasteiger partial charge in [0, 0.05) is 13.0 Å². The number of carbonyl (C=O) groups is 1. The van der Waals surface area contributed by atoms with Crippen LogP contribution in [0.5, 0.6) is 0 Å². The largest absolute Gasteiger partial charge is 0.469 e. The molecule has 5 nitrogen and oxygen atoms in total. The van der Waals surface area contributed by atoms with Crippen molar-refractivity contribution < 1.29 is 19.0 Å². The van der Waals surface area contributed by atoms with Crippen LogP contribution in [0.4, 0.5) is 0 Å². The zero-order chi connectivity index (χ0) is 13.9. The van der Waals surface area contributed by atoms with Crippen molar-refractivity contribution in [2.75, 3.05) is 33.9 Å². The van der Waals surface area contributed by atoms with Crippen LogP contribution in [0, 0.1) is 5.92 Å². The molecule has 2 rings (SSSR count). The van der Waals surface area contributed by atoms with E-state index in [2.05, 4.69) is 16.7 Å². The summed E-state index contributed by atoms with van der Waals surface area (Å²) in [5.74, 6) is -0.169. The van der Waals surface area contributed by atoms with Crippen LogP contribution in [0.3, 0.4) is 0 Å². The predicted octanol–water partition coefficient (Wildman–Crippen LogP) is 1.41. The van der Waals surface area contributed by atoms with Gasteiger partial charge in [0.1, 0.15) is 0 Å². The summed E-state index contributed by atoms with van der Waals surface area (Å²) in [6.07, 6.45) is 3.47. The molecule has 0 aromatic rings. The minimum atomic E-state index is -0.540. The molecule has 0 bridgehead atoms. The van der Waals surface area contributed by atoms with E-state index in [0.717, 1.165) is 13.0 Å². The number of ether oxygens (including phenoxy) is 3. The molecule has 0 saturated carbocycles. The average Bonchev–Trinajstić information content (AvgIpc) is 2.70. The fourth-order valence-electron chi connectivity index (χ4n) is 3.13. The topological polar surface area (TPSA) is 48.0 Å². The number of esters is 1. The Balaban J connectivity index is 1.81. The number of rotatable bonds is 4. The highest BCUT2D eigenvalue weighted by atomic mass is 16.7. The Morgan fingerprint density at radius 3 is 3.00 bits per heavy atom. The molecule has 0 aliphatic carbocycles. The van der Waals surface area contributed by atoms with Crippen molar-refractivity contribution in [3.63, 3.8) is 0 Å². The van der Waals surface area contributed by atoms with Gasteiger partial charge in [-0.15, -0.1) is 0 Å². The number of piperidine rings is 1. The van der Waals surface area contributed by atoms with Gasteiger partial charge in [-0.3, -0.25) is 4.79 Å². The molecule has 2 aliphatic heterocycles. The molecular weight excluding hydrogens is 246 g/mol. The number of hydrogen-bond acceptors (Lipinski definition) is 5. The van der Waals surface area contributed by atoms with E-state index in [4.69, 9.17) is 9.47 Å². The molecule has 0 amide bonds. The molecule has 0 aromatic carbocycles. The fourth-order valence-corrected chi connectivity index (χ4v) is 3.13. The third-order valence-corrected chi connectivity index (χ3v) is 3.99. The lowest BCUT2D eigenvalue weighted by Crippen LogP contribution is -2.38. The number of carbonyl (C=O) groups excluding carboxylic acids is 1. The number of hydrogen-bond donors (Lipinski definition) is 0. The van der Waals surface area contributed by atoms with Gasteiger partial charge in [0.15, 0.2) is 5.79 Å². The van der Waals surface area contributed by atoms with Crippen molar-refractivity contribution in [1.29, 1.82) is 0 Å². The number of nitrogens with zero attached hydrogens (tertiary/aromatic N) is 1. The van der Waals surface area contributed by atoms with Crippen molar-refractivity contribution in [3.8, 4) is 0 Å². The van der Waals surface area contributed by atoms with Gasteiger partial charge >= 0.3 is 5.97 Å². The molecule has 2 fully saturated rings. The Bertz CT molecular complexity index is 323. The first-order valence-electron chi connectivity index (χ1n) is 7.08. The van der Waals surface area contributed by atoms with Gasteiger partial charge in [0.25, 0.3) is 0 Å². The quantitative estimate of drug-likeness (QED) is 0.724. The Labute approximate surface area is 115 Å². The third kappa shape index (κ3) is 4.16. The average molecular weight is 271 g/mol. The minimum Gasteiger partial charge on any atom is -0.469 e. The SMILES string of the molecule is COC(=O)CC1COC(C)(CC2CCCN(C)C2)O1. The van der Waals surface area contributed by atoms with Crippen molar-refractivity contribution >= 4 is 5.97 Å². The van der Waals surface area contributed by atoms with Crippen LogP contribution in [0.1, 0.15) is 32.6 Å². The molecule has 2 saturated heterocycles. The summed E-state index contributed by atoms with van der Waals surface area (Å²) in [7, 11) is 3.56. The van der Waals surface area contributed by atoms with E-state index in [1.807, 2.05) is 6.92 Å². The molecule has 19 heavy (non-hydrogen) atoms. The zero-order valence-corrected chi connectivity index (χ0v) is 12.2. The van der Waals surface area contributed by atoms with Gasteiger partial charge in [-0.1, -0.05) is 0 Å². The van der Waals surface area contributed by atoms with Gasteiger partial charge in [-0.2, -0.15) is 0 Å². The lowest BCUT2D eigenvalue weighted by atomic mass is 9.91. The van der Waals surface area contributed by atoms with Crippen LogP contribution in [-0.4, -0.2) is 56.6 Å². The first kappa shape index (κ1) is 14.8. The van der Waals surface area contributed by atoms with E-state index in [-0.39, 0.29) is 18.5 Å². The van der Waals surface area contributed by atoms with E-state index < -0.39 is 5.79 Å². The molecule has 110 valence electrons. The highest BCUT2D eigenvalue weighted by Crippen LogP contribution is 2.34. The molecule has 5 heteroatoms. The van der Waals surface area contributed by atoms with Crippen LogP contribution in [-0.2, 0) is 19.0 Å². The number of likely N-dealkylation sites (tertiary alicyclic amines) is 1. The van der Waals surface area contributed by atoms with E-state index >= 15 is 0 Å². The molecule has 3 atom stereocenters. The first-order chi connectivity index (χ1) is 9.00. The van der Waals surface area contributed by atoms with Crippen LogP contribution in [0.2, 0.25) is 0 Å². The van der Waals surface area contributed by atoms with Gasteiger partial charge in [0.05, 0.1) is 26.2 Å². The lowest BCUT2D eigenvalue weighted by Gasteiger charge is -2.34. The monoisotopic (exact) mass is 271 g/mol. The normalized spacial score (nSPS) is 36.4. The highest BCUT2D eigenvalue weighted by molar-refractivity contribution is 5.69. The second-order valence-corrected chi connectivity index (χ2v) is 5.94. The summed E-state index contributed by atoms with van der Waals surface area (Å²) < 4.78 is 16.4. The molecule has 2 aliphatic rings. The van der Waals surface area contributed by atoms with Crippen LogP contribution in [0.25, 0.3) is 0 Å². The molecule has 2 heterocycles. The van der Waals surface area contributed by atoms with E-state index in [0.29, 0.717) is 12.5 Å². The van der Waals surface area contributed by atoms with E-state index in [1.165, 1.54) is 26.5 Å². The summed E-state index contributed by atoms with van der Waals surface area (Å²) in [5, 5.41) is 0. The maximum absolute atomic E-state index is 11.2. The van der Waals surface area contributed by atoms with Gasteiger partial charge in [-0.05, 0) is 39.3 Å². The summed E-state index contributed by atoms with van der Waals surface area (Å²) in [4.78, 5) is 13.6. The third-order valence-electron chi connectivity index (χ3n) is 3.99. The van der Waals surface area contributed by atoms with Gasteiger partial charge < -0.3 is 19.1 Å². The van der Waals surface area contributed by atoms with Crippen LogP contribution < -0.4 is 0 Å². The Kier molecular flexibility index (Phi) is 4.81. The van der Waals surface area contributed by atoms with E-state index in [9.17, 15) is 4.79 Å². The molecule has 0 radical (unpaired) electrons. The van der Waals surface area contributed by atoms with Crippen molar-refractivity contribution in [2.24, 2.45) is 5.92 Å². The molecule has 0 aromatic heterocycles. The van der Waals surface area contributed by atoms with Gasteiger partial charge in [0.2, 0.25) is 0 Å². The van der Waals surface area contributed by atoms with E-state index in [1.54, 1.807) is 0 Å². The molecular formula is C14H25NO4. The maximum atomic E-state index is 11.2. The smallest absolute Gasteiger partial charge is 0.308 e. The van der Waals surface area contributed by atoms with Crippen molar-refractivity contribution in [3.05, 3.63) is 0 Å². The Morgan fingerprint density at radius 2 is 2.32 bits per heavy atom. The summed E-state index contributed by atoms with van der Waals surface area (Å²) in [6.45, 7) is 4.75. The second kappa shape index (κ2) is 6.20. The maximum Gasteiger partial charge on any atom is 0.308 e. The predicted molar refractivity (Wildman–Crippen MR) is 70.7 cm³/mol. The Hall–Kier alpha value is -0.650. The summed E-state index contributed by atoms with van der Waals surface area (Å²) in [6, 6.07) is 0. The highest BCUT2D eigenvalue weighted by Gasteiger charge is 2.40. The molecule has 0 spiro atoms. The zero-order valence-electron chi connectivity index (χ0n) is 12.2. The fraction of sp³-hybridized carbons (Fsp3) is 0.929. The van der Waals surface area contributed by atoms with Crippen molar-refractivity contribution in [2.45, 2.75) is 44.5 Å². The van der Waals surface area contributed by atoms with Crippen LogP contribution >= 0.6 is 0 Å². The summed E-state index contributed by atoms with van der Waals surface area (Å²) >= 11 is 0. The van der Waals surface area contributed by atoms with Crippen LogP contribution in [0.15, 0.2) is 0 Å². The first-order valence-corrected chi connectivity index (χ1v) is 7.08. The molecule has 3 unspecified atom stereocenters. The summed E-state index contributed by atoms with van der Waals surface area (Å²) in [5.41, 5.74) is 0.